The van der Waals surface area contributed by atoms with E-state index in [0.29, 0.717) is 0 Å². The molecule has 0 aromatic heterocycles. The maximum absolute atomic E-state index is 6.72. The van der Waals surface area contributed by atoms with Gasteiger partial charge in [-0.3, -0.25) is 0 Å². The number of rotatable bonds is 2. The summed E-state index contributed by atoms with van der Waals surface area (Å²) in [6, 6.07) is 37.5. The Hall–Kier alpha value is -3.52. The highest BCUT2D eigenvalue weighted by Crippen LogP contribution is 2.66. The monoisotopic (exact) mass is 482 g/mol. The van der Waals surface area contributed by atoms with Crippen molar-refractivity contribution in [3.05, 3.63) is 131 Å². The Bertz CT molecular complexity index is 1120. The minimum Gasteiger partial charge on any atom is -0.446 e. The topological polar surface area (TPSA) is 18.5 Å². The summed E-state index contributed by atoms with van der Waals surface area (Å²) in [5.41, 5.74) is 3.85. The lowest BCUT2D eigenvalue weighted by molar-refractivity contribution is -0.119. The second-order valence-corrected chi connectivity index (χ2v) is 7.30. The molecule has 0 atom stereocenters. The third-order valence-electron chi connectivity index (χ3n) is 5.94. The fraction of sp³-hybridized carbons (Fsp3) is 0.294. The molecule has 4 aromatic carbocycles. The fourth-order valence-corrected chi connectivity index (χ4v) is 4.90. The van der Waals surface area contributed by atoms with Gasteiger partial charge in [-0.2, -0.15) is 0 Å². The summed E-state index contributed by atoms with van der Waals surface area (Å²) < 4.78 is 13.4. The van der Waals surface area contributed by atoms with E-state index in [9.17, 15) is 0 Å². The molecular formula is C34H42O2. The van der Waals surface area contributed by atoms with E-state index in [1.165, 1.54) is 0 Å². The Morgan fingerprint density at radius 2 is 0.722 bits per heavy atom. The van der Waals surface area contributed by atoms with Gasteiger partial charge in [0.05, 0.1) is 0 Å². The van der Waals surface area contributed by atoms with Crippen molar-refractivity contribution in [1.82, 2.24) is 0 Å². The maximum atomic E-state index is 6.72. The third kappa shape index (κ3) is 4.41. The summed E-state index contributed by atoms with van der Waals surface area (Å²) in [6.07, 6.45) is 0. The summed E-state index contributed by atoms with van der Waals surface area (Å²) in [5, 5.41) is 0. The van der Waals surface area contributed by atoms with E-state index in [4.69, 9.17) is 9.47 Å². The number of hydrogen-bond acceptors (Lipinski definition) is 2. The highest BCUT2D eigenvalue weighted by atomic mass is 16.7. The van der Waals surface area contributed by atoms with E-state index in [0.717, 1.165) is 33.8 Å². The Kier molecular flexibility index (Phi) is 10.8. The zero-order valence-electron chi connectivity index (χ0n) is 23.2. The summed E-state index contributed by atoms with van der Waals surface area (Å²) in [7, 11) is 0. The predicted octanol–water partition coefficient (Wildman–Crippen LogP) is 9.76. The van der Waals surface area contributed by atoms with E-state index in [-0.39, 0.29) is 0 Å². The van der Waals surface area contributed by atoms with Gasteiger partial charge in [0.25, 0.3) is 5.79 Å². The second-order valence-electron chi connectivity index (χ2n) is 7.30. The molecule has 36 heavy (non-hydrogen) atoms. The maximum Gasteiger partial charge on any atom is 0.296 e. The van der Waals surface area contributed by atoms with Crippen LogP contribution >= 0.6 is 0 Å². The molecule has 0 unspecified atom stereocenters. The average Bonchev–Trinajstić information content (AvgIpc) is 3.46. The van der Waals surface area contributed by atoms with Gasteiger partial charge in [-0.1, -0.05) is 152 Å². The quantitative estimate of drug-likeness (QED) is 0.283. The van der Waals surface area contributed by atoms with Crippen LogP contribution < -0.4 is 9.47 Å². The van der Waals surface area contributed by atoms with Crippen LogP contribution in [0.2, 0.25) is 0 Å². The van der Waals surface area contributed by atoms with E-state index in [1.807, 2.05) is 104 Å². The molecule has 2 aliphatic rings. The van der Waals surface area contributed by atoms with Gasteiger partial charge < -0.3 is 9.47 Å². The molecule has 2 nitrogen and oxygen atoms in total. The average molecular weight is 483 g/mol. The molecule has 2 aliphatic heterocycles. The fourth-order valence-electron chi connectivity index (χ4n) is 4.90. The molecule has 0 saturated heterocycles. The van der Waals surface area contributed by atoms with Crippen LogP contribution in [0.15, 0.2) is 109 Å². The van der Waals surface area contributed by atoms with Crippen molar-refractivity contribution in [2.45, 2.75) is 66.6 Å². The highest BCUT2D eigenvalue weighted by Gasteiger charge is 2.69. The van der Waals surface area contributed by atoms with Gasteiger partial charge in [-0.15, -0.1) is 0 Å². The van der Waals surface area contributed by atoms with Crippen LogP contribution in [0.25, 0.3) is 0 Å². The molecule has 0 aliphatic carbocycles. The molecule has 0 amide bonds. The Morgan fingerprint density at radius 1 is 0.389 bits per heavy atom. The molecule has 190 valence electrons. The van der Waals surface area contributed by atoms with Crippen molar-refractivity contribution in [3.63, 3.8) is 0 Å². The van der Waals surface area contributed by atoms with E-state index in [1.54, 1.807) is 0 Å². The normalized spacial score (nSPS) is 19.2. The first-order chi connectivity index (χ1) is 17.9. The number of ether oxygens (including phenoxy) is 2. The van der Waals surface area contributed by atoms with Crippen molar-refractivity contribution < 1.29 is 9.47 Å². The minimum absolute atomic E-state index is 0.581. The second kappa shape index (κ2) is 13.5. The lowest BCUT2D eigenvalue weighted by Gasteiger charge is -2.38. The summed E-state index contributed by atoms with van der Waals surface area (Å²) >= 11 is 0. The van der Waals surface area contributed by atoms with Crippen LogP contribution in [-0.4, -0.2) is 0 Å². The molecule has 0 bridgehead atoms. The Labute approximate surface area is 218 Å². The number of hydrogen-bond donors (Lipinski definition) is 0. The molecule has 0 radical (unpaired) electrons. The van der Waals surface area contributed by atoms with Crippen LogP contribution in [0.5, 0.6) is 11.5 Å². The third-order valence-corrected chi connectivity index (χ3v) is 5.94. The number of para-hydroxylation sites is 2. The van der Waals surface area contributed by atoms with Gasteiger partial charge in [-0.25, -0.2) is 0 Å². The van der Waals surface area contributed by atoms with Crippen LogP contribution in [-0.2, 0) is 11.2 Å². The van der Waals surface area contributed by atoms with Crippen molar-refractivity contribution in [2.24, 2.45) is 0 Å². The zero-order chi connectivity index (χ0) is 26.6. The SMILES string of the molecule is CC.CC.CC.CC.c1ccc(C23Oc4ccccc4C2(c2ccccc2)c2ccccc2O3)cc1. The highest BCUT2D eigenvalue weighted by molar-refractivity contribution is 5.68. The molecule has 0 spiro atoms. The first kappa shape index (κ1) is 28.7. The van der Waals surface area contributed by atoms with Gasteiger partial charge in [0, 0.05) is 16.7 Å². The summed E-state index contributed by atoms with van der Waals surface area (Å²) in [5.74, 6) is 0.748. The molecule has 0 fully saturated rings. The number of benzene rings is 4. The number of fused-ring (bicyclic) bond motifs is 5. The van der Waals surface area contributed by atoms with Crippen LogP contribution in [0.4, 0.5) is 0 Å². The molecule has 2 heteroatoms. The van der Waals surface area contributed by atoms with Crippen molar-refractivity contribution in [2.75, 3.05) is 0 Å². The molecule has 4 aromatic rings. The Morgan fingerprint density at radius 3 is 1.14 bits per heavy atom. The van der Waals surface area contributed by atoms with Gasteiger partial charge in [0.1, 0.15) is 16.9 Å². The lowest BCUT2D eigenvalue weighted by Crippen LogP contribution is -2.50. The minimum atomic E-state index is -0.983. The predicted molar refractivity (Wildman–Crippen MR) is 154 cm³/mol. The smallest absolute Gasteiger partial charge is 0.296 e. The summed E-state index contributed by atoms with van der Waals surface area (Å²) in [6.45, 7) is 16.0. The van der Waals surface area contributed by atoms with Crippen LogP contribution in [0.3, 0.4) is 0 Å². The van der Waals surface area contributed by atoms with Crippen LogP contribution in [0, 0.1) is 0 Å². The van der Waals surface area contributed by atoms with E-state index < -0.39 is 11.2 Å². The van der Waals surface area contributed by atoms with Crippen LogP contribution in [0.1, 0.15) is 77.6 Å². The van der Waals surface area contributed by atoms with E-state index in [2.05, 4.69) is 60.7 Å². The molecule has 6 rings (SSSR count). The molecule has 2 heterocycles. The zero-order valence-corrected chi connectivity index (χ0v) is 23.2. The van der Waals surface area contributed by atoms with Gasteiger partial charge in [-0.05, 0) is 17.7 Å². The van der Waals surface area contributed by atoms with Gasteiger partial charge in [0.15, 0.2) is 0 Å². The summed E-state index contributed by atoms with van der Waals surface area (Å²) in [4.78, 5) is 0. The van der Waals surface area contributed by atoms with Crippen molar-refractivity contribution in [1.29, 1.82) is 0 Å². The first-order valence-corrected chi connectivity index (χ1v) is 13.5. The molecule has 0 saturated carbocycles. The molecular weight excluding hydrogens is 440 g/mol. The standard InChI is InChI=1S/C26H18O2.4C2H6/c1-3-11-19(12-4-1)25-21-15-7-9-17-23(21)27-26(25,20-13-5-2-6-14-20)28-24-18-10-8-16-22(24)25;4*1-2/h1-18H;4*1-2H3. The Balaban J connectivity index is 0.000000523. The first-order valence-electron chi connectivity index (χ1n) is 13.5. The van der Waals surface area contributed by atoms with Gasteiger partial charge >= 0.3 is 0 Å². The van der Waals surface area contributed by atoms with Crippen molar-refractivity contribution >= 4 is 0 Å². The molecule has 0 N–H and O–H groups in total. The van der Waals surface area contributed by atoms with Gasteiger partial charge in [0.2, 0.25) is 0 Å². The lowest BCUT2D eigenvalue weighted by atomic mass is 9.64. The largest absolute Gasteiger partial charge is 0.446 e. The van der Waals surface area contributed by atoms with E-state index >= 15 is 0 Å². The van der Waals surface area contributed by atoms with Crippen molar-refractivity contribution in [3.8, 4) is 11.5 Å².